The molecule has 0 fully saturated rings. The molecule has 2 heterocycles. The molecule has 2 aromatic heterocycles. The monoisotopic (exact) mass is 281 g/mol. The van der Waals surface area contributed by atoms with Gasteiger partial charge in [0.2, 0.25) is 0 Å². The maximum absolute atomic E-state index is 10.6. The smallest absolute Gasteiger partial charge is 0.289 e. The van der Waals surface area contributed by atoms with Crippen LogP contribution < -0.4 is 0 Å². The van der Waals surface area contributed by atoms with Crippen LogP contribution in [-0.2, 0) is 4.74 Å². The molecule has 0 bridgehead atoms. The van der Waals surface area contributed by atoms with E-state index >= 15 is 0 Å². The number of hydrogen-bond acceptors (Lipinski definition) is 6. The minimum absolute atomic E-state index is 0.0689. The number of methoxy groups -OCH3 is 1. The van der Waals surface area contributed by atoms with Gasteiger partial charge in [0.1, 0.15) is 17.6 Å². The van der Waals surface area contributed by atoms with Crippen molar-refractivity contribution in [3.63, 3.8) is 0 Å². The van der Waals surface area contributed by atoms with Crippen LogP contribution in [0.4, 0.5) is 5.69 Å². The summed E-state index contributed by atoms with van der Waals surface area (Å²) in [6, 6.07) is 1.18. The SMILES string of the molecule is C=C(OC)c1cnn(-c2ncc([N+](=O)[O-])cc2Cl)n1. The van der Waals surface area contributed by atoms with Gasteiger partial charge < -0.3 is 4.74 Å². The largest absolute Gasteiger partial charge is 0.495 e. The Labute approximate surface area is 112 Å². The first-order valence-corrected chi connectivity index (χ1v) is 5.36. The first-order chi connectivity index (χ1) is 9.02. The normalized spacial score (nSPS) is 10.2. The van der Waals surface area contributed by atoms with Gasteiger partial charge in [-0.25, -0.2) is 4.98 Å². The minimum Gasteiger partial charge on any atom is -0.495 e. The van der Waals surface area contributed by atoms with Crippen LogP contribution in [0.2, 0.25) is 5.02 Å². The van der Waals surface area contributed by atoms with Crippen molar-refractivity contribution in [2.75, 3.05) is 7.11 Å². The van der Waals surface area contributed by atoms with Gasteiger partial charge in [-0.2, -0.15) is 5.10 Å². The Bertz CT molecular complexity index is 654. The van der Waals surface area contributed by atoms with Crippen LogP contribution in [0.25, 0.3) is 11.6 Å². The predicted octanol–water partition coefficient (Wildman–Crippen LogP) is 1.84. The van der Waals surface area contributed by atoms with Crippen molar-refractivity contribution in [3.8, 4) is 5.82 Å². The second-order valence-electron chi connectivity index (χ2n) is 3.40. The lowest BCUT2D eigenvalue weighted by Gasteiger charge is -2.01. The molecule has 0 aromatic carbocycles. The second kappa shape index (κ2) is 5.02. The molecule has 2 aromatic rings. The van der Waals surface area contributed by atoms with E-state index in [-0.39, 0.29) is 16.5 Å². The van der Waals surface area contributed by atoms with Crippen LogP contribution in [0.3, 0.4) is 0 Å². The fourth-order valence-corrected chi connectivity index (χ4v) is 1.50. The molecule has 19 heavy (non-hydrogen) atoms. The second-order valence-corrected chi connectivity index (χ2v) is 3.81. The molecule has 8 nitrogen and oxygen atoms in total. The number of hydrogen-bond donors (Lipinski definition) is 0. The third-order valence-corrected chi connectivity index (χ3v) is 2.51. The van der Waals surface area contributed by atoms with Gasteiger partial charge in [0.05, 0.1) is 23.3 Å². The van der Waals surface area contributed by atoms with E-state index in [2.05, 4.69) is 21.8 Å². The van der Waals surface area contributed by atoms with Crippen molar-refractivity contribution in [2.45, 2.75) is 0 Å². The lowest BCUT2D eigenvalue weighted by Crippen LogP contribution is -2.04. The average Bonchev–Trinajstić information content (AvgIpc) is 2.87. The fraction of sp³-hybridized carbons (Fsp3) is 0.100. The Hall–Kier alpha value is -2.48. The van der Waals surface area contributed by atoms with Gasteiger partial charge in [0, 0.05) is 6.07 Å². The maximum Gasteiger partial charge on any atom is 0.289 e. The van der Waals surface area contributed by atoms with E-state index in [1.54, 1.807) is 0 Å². The van der Waals surface area contributed by atoms with Crippen LogP contribution in [0, 0.1) is 10.1 Å². The topological polar surface area (TPSA) is 96.0 Å². The zero-order chi connectivity index (χ0) is 14.0. The van der Waals surface area contributed by atoms with Crippen molar-refractivity contribution in [3.05, 3.63) is 45.9 Å². The summed E-state index contributed by atoms with van der Waals surface area (Å²) in [5.41, 5.74) is 0.209. The summed E-state index contributed by atoms with van der Waals surface area (Å²) in [4.78, 5) is 15.0. The maximum atomic E-state index is 10.6. The van der Waals surface area contributed by atoms with Crippen molar-refractivity contribution >= 4 is 23.0 Å². The highest BCUT2D eigenvalue weighted by Gasteiger charge is 2.14. The molecule has 0 saturated heterocycles. The van der Waals surface area contributed by atoms with Gasteiger partial charge in [-0.3, -0.25) is 10.1 Å². The Morgan fingerprint density at radius 3 is 2.89 bits per heavy atom. The summed E-state index contributed by atoms with van der Waals surface area (Å²) < 4.78 is 4.91. The van der Waals surface area contributed by atoms with E-state index in [0.717, 1.165) is 11.0 Å². The molecule has 0 N–H and O–H groups in total. The van der Waals surface area contributed by atoms with Gasteiger partial charge in [-0.15, -0.1) is 9.90 Å². The summed E-state index contributed by atoms with van der Waals surface area (Å²) in [5, 5.41) is 18.6. The van der Waals surface area contributed by atoms with Crippen molar-refractivity contribution in [2.24, 2.45) is 0 Å². The minimum atomic E-state index is -0.586. The number of halogens is 1. The molecular formula is C10H8ClN5O3. The Kier molecular flexibility index (Phi) is 3.43. The Balaban J connectivity index is 2.39. The standard InChI is InChI=1S/C10H8ClN5O3/c1-6(19-2)9-5-13-15(14-9)10-8(11)3-7(4-12-10)16(17)18/h3-5H,1H2,2H3. The summed E-state index contributed by atoms with van der Waals surface area (Å²) >= 11 is 5.91. The summed E-state index contributed by atoms with van der Waals surface area (Å²) in [6.07, 6.45) is 2.50. The quantitative estimate of drug-likeness (QED) is 0.482. The molecule has 0 spiro atoms. The summed E-state index contributed by atoms with van der Waals surface area (Å²) in [7, 11) is 1.46. The Morgan fingerprint density at radius 1 is 1.58 bits per heavy atom. The first-order valence-electron chi connectivity index (χ1n) is 4.99. The van der Waals surface area contributed by atoms with E-state index < -0.39 is 4.92 Å². The van der Waals surface area contributed by atoms with E-state index in [9.17, 15) is 10.1 Å². The third kappa shape index (κ3) is 2.52. The van der Waals surface area contributed by atoms with Gasteiger partial charge in [0.25, 0.3) is 5.69 Å². The first kappa shape index (κ1) is 13.0. The van der Waals surface area contributed by atoms with Crippen LogP contribution in [0.15, 0.2) is 25.0 Å². The number of rotatable bonds is 4. The van der Waals surface area contributed by atoms with Gasteiger partial charge in [-0.05, 0) is 0 Å². The van der Waals surface area contributed by atoms with Crippen LogP contribution in [0.1, 0.15) is 5.69 Å². The van der Waals surface area contributed by atoms with Crippen molar-refractivity contribution in [1.82, 2.24) is 20.0 Å². The molecular weight excluding hydrogens is 274 g/mol. The lowest BCUT2D eigenvalue weighted by atomic mass is 10.4. The number of aromatic nitrogens is 4. The average molecular weight is 282 g/mol. The fourth-order valence-electron chi connectivity index (χ4n) is 1.27. The molecule has 2 rings (SSSR count). The van der Waals surface area contributed by atoms with E-state index in [0.29, 0.717) is 11.5 Å². The molecule has 0 aliphatic carbocycles. The lowest BCUT2D eigenvalue weighted by molar-refractivity contribution is -0.385. The molecule has 98 valence electrons. The molecule has 0 aliphatic heterocycles. The third-order valence-electron chi connectivity index (χ3n) is 2.23. The van der Waals surface area contributed by atoms with Crippen molar-refractivity contribution in [1.29, 1.82) is 0 Å². The van der Waals surface area contributed by atoms with E-state index in [4.69, 9.17) is 16.3 Å². The molecule has 0 saturated carbocycles. The van der Waals surface area contributed by atoms with E-state index in [1.165, 1.54) is 19.4 Å². The zero-order valence-electron chi connectivity index (χ0n) is 9.78. The highest BCUT2D eigenvalue weighted by atomic mass is 35.5. The van der Waals surface area contributed by atoms with Crippen LogP contribution >= 0.6 is 11.6 Å². The van der Waals surface area contributed by atoms with Crippen LogP contribution in [-0.4, -0.2) is 32.0 Å². The molecule has 9 heteroatoms. The highest BCUT2D eigenvalue weighted by Crippen LogP contribution is 2.22. The number of nitro groups is 1. The molecule has 0 atom stereocenters. The molecule has 0 aliphatic rings. The van der Waals surface area contributed by atoms with Crippen molar-refractivity contribution < 1.29 is 9.66 Å². The number of ether oxygens (including phenoxy) is 1. The molecule has 0 amide bonds. The van der Waals surface area contributed by atoms with Gasteiger partial charge in [-0.1, -0.05) is 18.2 Å². The molecule has 0 unspecified atom stereocenters. The Morgan fingerprint density at radius 2 is 2.32 bits per heavy atom. The van der Waals surface area contributed by atoms with Gasteiger partial charge >= 0.3 is 0 Å². The zero-order valence-corrected chi connectivity index (χ0v) is 10.5. The van der Waals surface area contributed by atoms with Gasteiger partial charge in [0.15, 0.2) is 5.82 Å². The number of pyridine rings is 1. The highest BCUT2D eigenvalue weighted by molar-refractivity contribution is 6.32. The predicted molar refractivity (Wildman–Crippen MR) is 66.9 cm³/mol. The van der Waals surface area contributed by atoms with Crippen LogP contribution in [0.5, 0.6) is 0 Å². The molecule has 0 radical (unpaired) electrons. The summed E-state index contributed by atoms with van der Waals surface area (Å²) in [5.74, 6) is 0.520. The number of nitrogens with zero attached hydrogens (tertiary/aromatic N) is 5. The van der Waals surface area contributed by atoms with E-state index in [1.807, 2.05) is 0 Å². The summed E-state index contributed by atoms with van der Waals surface area (Å²) in [6.45, 7) is 3.63.